The number of hydrogen-bond donors (Lipinski definition) is 0. The minimum atomic E-state index is 0.930. The van der Waals surface area contributed by atoms with Crippen molar-refractivity contribution in [3.05, 3.63) is 91.2 Å². The van der Waals surface area contributed by atoms with Gasteiger partial charge in [-0.3, -0.25) is 0 Å². The first-order valence-electron chi connectivity index (χ1n) is 8.79. The lowest BCUT2D eigenvalue weighted by Crippen LogP contribution is -1.93. The molecule has 2 aromatic heterocycles. The first-order chi connectivity index (χ1) is 12.9. The Morgan fingerprint density at radius 2 is 1.46 bits per heavy atom. The van der Waals surface area contributed by atoms with E-state index in [-0.39, 0.29) is 0 Å². The maximum absolute atomic E-state index is 5.64. The molecule has 0 unspecified atom stereocenters. The van der Waals surface area contributed by atoms with E-state index >= 15 is 0 Å². The molecule has 0 bridgehead atoms. The zero-order chi connectivity index (χ0) is 17.1. The van der Waals surface area contributed by atoms with Crippen LogP contribution in [0.4, 0.5) is 0 Å². The third-order valence-corrected chi connectivity index (χ3v) is 5.26. The largest absolute Gasteiger partial charge is 0.464 e. The molecule has 26 heavy (non-hydrogen) atoms. The fourth-order valence-electron chi connectivity index (χ4n) is 4.11. The second kappa shape index (κ2) is 4.99. The van der Waals surface area contributed by atoms with Crippen LogP contribution in [0.1, 0.15) is 0 Å². The summed E-state index contributed by atoms with van der Waals surface area (Å²) in [4.78, 5) is 0. The van der Waals surface area contributed by atoms with Crippen LogP contribution >= 0.6 is 0 Å². The van der Waals surface area contributed by atoms with E-state index in [1.807, 2.05) is 0 Å². The second-order valence-corrected chi connectivity index (χ2v) is 6.68. The third kappa shape index (κ3) is 1.76. The zero-order valence-corrected chi connectivity index (χ0v) is 14.0. The molecule has 0 saturated heterocycles. The lowest BCUT2D eigenvalue weighted by atomic mass is 10.1. The Balaban J connectivity index is 1.81. The van der Waals surface area contributed by atoms with Gasteiger partial charge in [-0.25, -0.2) is 0 Å². The number of nitrogens with zero attached hydrogens (tertiary/aromatic N) is 1. The van der Waals surface area contributed by atoms with Crippen molar-refractivity contribution in [3.8, 4) is 5.69 Å². The van der Waals surface area contributed by atoms with Gasteiger partial charge in [0.2, 0.25) is 0 Å². The van der Waals surface area contributed by atoms with Crippen LogP contribution in [0.3, 0.4) is 0 Å². The van der Waals surface area contributed by atoms with Gasteiger partial charge >= 0.3 is 0 Å². The molecule has 2 heterocycles. The summed E-state index contributed by atoms with van der Waals surface area (Å²) in [5.74, 6) is 0. The van der Waals surface area contributed by atoms with Gasteiger partial charge in [0, 0.05) is 21.8 Å². The summed E-state index contributed by atoms with van der Waals surface area (Å²) in [6.45, 7) is 0. The minimum absolute atomic E-state index is 0.930. The van der Waals surface area contributed by atoms with Crippen LogP contribution in [0.25, 0.3) is 49.2 Å². The molecule has 2 nitrogen and oxygen atoms in total. The van der Waals surface area contributed by atoms with Gasteiger partial charge in [-0.15, -0.1) is 0 Å². The maximum Gasteiger partial charge on any atom is 0.134 e. The van der Waals surface area contributed by atoms with Crippen molar-refractivity contribution in [3.63, 3.8) is 0 Å². The molecule has 0 fully saturated rings. The predicted octanol–water partition coefficient (Wildman–Crippen LogP) is 6.68. The van der Waals surface area contributed by atoms with Crippen LogP contribution in [0.2, 0.25) is 0 Å². The van der Waals surface area contributed by atoms with Gasteiger partial charge in [0.1, 0.15) is 5.58 Å². The Kier molecular flexibility index (Phi) is 2.64. The number of rotatable bonds is 1. The standard InChI is InChI=1S/C24H15NO/c1-2-6-17-15-18(10-9-16(17)5-1)25-21-8-4-3-7-19(21)24-20-13-14-26-23(20)12-11-22(24)25/h1-15H. The summed E-state index contributed by atoms with van der Waals surface area (Å²) in [6, 6.07) is 30.0. The van der Waals surface area contributed by atoms with Crippen molar-refractivity contribution in [1.29, 1.82) is 0 Å². The molecular formula is C24H15NO. The molecule has 0 N–H and O–H groups in total. The second-order valence-electron chi connectivity index (χ2n) is 6.68. The molecule has 0 aliphatic heterocycles. The molecule has 0 spiro atoms. The SMILES string of the molecule is c1ccc2cc(-n3c4ccccc4c4c5ccoc5ccc43)ccc2c1. The van der Waals surface area contributed by atoms with Crippen LogP contribution in [-0.4, -0.2) is 4.57 Å². The smallest absolute Gasteiger partial charge is 0.134 e. The van der Waals surface area contributed by atoms with E-state index in [9.17, 15) is 0 Å². The van der Waals surface area contributed by atoms with Crippen molar-refractivity contribution >= 4 is 43.5 Å². The van der Waals surface area contributed by atoms with Gasteiger partial charge in [-0.1, -0.05) is 48.5 Å². The molecule has 6 rings (SSSR count). The number of hydrogen-bond acceptors (Lipinski definition) is 1. The summed E-state index contributed by atoms with van der Waals surface area (Å²) in [5, 5.41) is 6.18. The lowest BCUT2D eigenvalue weighted by Gasteiger charge is -2.09. The number of furan rings is 1. The van der Waals surface area contributed by atoms with Crippen LogP contribution in [-0.2, 0) is 0 Å². The predicted molar refractivity (Wildman–Crippen MR) is 108 cm³/mol. The van der Waals surface area contributed by atoms with Crippen LogP contribution in [0.15, 0.2) is 95.6 Å². The molecule has 0 aliphatic rings. The zero-order valence-electron chi connectivity index (χ0n) is 14.0. The monoisotopic (exact) mass is 333 g/mol. The highest BCUT2D eigenvalue weighted by molar-refractivity contribution is 6.20. The van der Waals surface area contributed by atoms with Gasteiger partial charge in [0.25, 0.3) is 0 Å². The van der Waals surface area contributed by atoms with E-state index in [0.29, 0.717) is 0 Å². The summed E-state index contributed by atoms with van der Waals surface area (Å²) in [5.41, 5.74) is 4.53. The summed E-state index contributed by atoms with van der Waals surface area (Å²) in [7, 11) is 0. The fourth-order valence-corrected chi connectivity index (χ4v) is 4.11. The third-order valence-electron chi connectivity index (χ3n) is 5.26. The molecule has 122 valence electrons. The van der Waals surface area contributed by atoms with Crippen molar-refractivity contribution < 1.29 is 4.42 Å². The normalized spacial score (nSPS) is 11.8. The van der Waals surface area contributed by atoms with Crippen LogP contribution in [0, 0.1) is 0 Å². The highest BCUT2D eigenvalue weighted by Gasteiger charge is 2.15. The molecule has 0 radical (unpaired) electrons. The highest BCUT2D eigenvalue weighted by Crippen LogP contribution is 2.37. The van der Waals surface area contributed by atoms with E-state index in [4.69, 9.17) is 4.42 Å². The van der Waals surface area contributed by atoms with Crippen molar-refractivity contribution in [1.82, 2.24) is 4.57 Å². The van der Waals surface area contributed by atoms with E-state index in [1.165, 1.54) is 43.7 Å². The average Bonchev–Trinajstić information content (AvgIpc) is 3.29. The Bertz CT molecular complexity index is 1430. The van der Waals surface area contributed by atoms with Gasteiger partial charge in [0.05, 0.1) is 17.3 Å². The van der Waals surface area contributed by atoms with Crippen LogP contribution in [0.5, 0.6) is 0 Å². The molecule has 6 aromatic rings. The Morgan fingerprint density at radius 3 is 2.42 bits per heavy atom. The molecule has 0 atom stereocenters. The lowest BCUT2D eigenvalue weighted by molar-refractivity contribution is 0.616. The summed E-state index contributed by atoms with van der Waals surface area (Å²) < 4.78 is 7.99. The topological polar surface area (TPSA) is 18.1 Å². The van der Waals surface area contributed by atoms with Gasteiger partial charge in [0.15, 0.2) is 0 Å². The number of aromatic nitrogens is 1. The van der Waals surface area contributed by atoms with Gasteiger partial charge < -0.3 is 8.98 Å². The quantitative estimate of drug-likeness (QED) is 0.328. The minimum Gasteiger partial charge on any atom is -0.464 e. The Morgan fingerprint density at radius 1 is 0.615 bits per heavy atom. The number of benzene rings is 4. The number of para-hydroxylation sites is 1. The first kappa shape index (κ1) is 13.7. The summed E-state index contributed by atoms with van der Waals surface area (Å²) >= 11 is 0. The van der Waals surface area contributed by atoms with Crippen LogP contribution < -0.4 is 0 Å². The number of fused-ring (bicyclic) bond motifs is 6. The summed E-state index contributed by atoms with van der Waals surface area (Å²) in [6.07, 6.45) is 1.77. The van der Waals surface area contributed by atoms with E-state index in [1.54, 1.807) is 6.26 Å². The molecule has 0 aliphatic carbocycles. The first-order valence-corrected chi connectivity index (χ1v) is 8.79. The molecule has 2 heteroatoms. The Labute approximate surface area is 149 Å². The molecule has 0 amide bonds. The molecule has 0 saturated carbocycles. The molecule has 4 aromatic carbocycles. The Hall–Kier alpha value is -3.52. The van der Waals surface area contributed by atoms with Gasteiger partial charge in [-0.05, 0) is 47.2 Å². The van der Waals surface area contributed by atoms with Crippen molar-refractivity contribution in [2.45, 2.75) is 0 Å². The van der Waals surface area contributed by atoms with E-state index in [0.717, 1.165) is 5.58 Å². The fraction of sp³-hybridized carbons (Fsp3) is 0. The van der Waals surface area contributed by atoms with E-state index in [2.05, 4.69) is 89.5 Å². The average molecular weight is 333 g/mol. The highest BCUT2D eigenvalue weighted by atomic mass is 16.3. The maximum atomic E-state index is 5.64. The van der Waals surface area contributed by atoms with Crippen molar-refractivity contribution in [2.75, 3.05) is 0 Å². The van der Waals surface area contributed by atoms with Gasteiger partial charge in [-0.2, -0.15) is 0 Å². The molecular weight excluding hydrogens is 318 g/mol. The van der Waals surface area contributed by atoms with E-state index < -0.39 is 0 Å². The van der Waals surface area contributed by atoms with Crippen molar-refractivity contribution in [2.24, 2.45) is 0 Å².